The molecule has 5 radical (unpaired) electrons. The van der Waals surface area contributed by atoms with E-state index in [4.69, 9.17) is 4.74 Å². The van der Waals surface area contributed by atoms with Gasteiger partial charge in [0.1, 0.15) is 11.3 Å². The van der Waals surface area contributed by atoms with Crippen LogP contribution in [0.1, 0.15) is 11.3 Å². The highest BCUT2D eigenvalue weighted by atomic mass is 16.5. The van der Waals surface area contributed by atoms with Crippen molar-refractivity contribution in [2.24, 2.45) is 0 Å². The number of rotatable bonds is 6. The van der Waals surface area contributed by atoms with Crippen LogP contribution >= 0.6 is 0 Å². The topological polar surface area (TPSA) is 48.5 Å². The van der Waals surface area contributed by atoms with Crippen LogP contribution in [0.5, 0.6) is 5.75 Å². The van der Waals surface area contributed by atoms with Crippen molar-refractivity contribution in [3.05, 3.63) is 120 Å². The number of aromatic nitrogens is 3. The summed E-state index contributed by atoms with van der Waals surface area (Å²) in [6, 6.07) is 19.8. The Bertz CT molecular complexity index is 1250. The predicted molar refractivity (Wildman–Crippen MR) is 121 cm³/mol. The number of hydrogen-bond donors (Lipinski definition) is 0. The van der Waals surface area contributed by atoms with Crippen molar-refractivity contribution in [2.75, 3.05) is 7.11 Å². The number of hydrogen-bond acceptors (Lipinski definition) is 3. The Labute approximate surface area is 181 Å². The van der Waals surface area contributed by atoms with Crippen molar-refractivity contribution in [2.45, 2.75) is 13.0 Å². The molecule has 0 spiro atoms. The maximum absolute atomic E-state index is 13.5. The van der Waals surface area contributed by atoms with Crippen LogP contribution in [0.4, 0.5) is 0 Å². The maximum Gasteiger partial charge on any atom is 0.277 e. The molecule has 1 aliphatic carbocycles. The molecule has 2 aromatic heterocycles. The minimum absolute atomic E-state index is 0.0467. The lowest BCUT2D eigenvalue weighted by Gasteiger charge is -2.14. The number of nitrogens with zero attached hydrogens (tertiary/aromatic N) is 3. The molecule has 0 atom stereocenters. The number of benzene rings is 2. The molecule has 153 valence electrons. The first-order chi connectivity index (χ1) is 15.2. The van der Waals surface area contributed by atoms with Crippen molar-refractivity contribution in [1.82, 2.24) is 14.2 Å². The molecule has 2 heterocycles. The van der Waals surface area contributed by atoms with Gasteiger partial charge in [0.25, 0.3) is 5.56 Å². The lowest BCUT2D eigenvalue weighted by atomic mass is 10.0. The third-order valence-corrected chi connectivity index (χ3v) is 5.52. The molecule has 31 heavy (non-hydrogen) atoms. The Morgan fingerprint density at radius 2 is 1.77 bits per heavy atom. The van der Waals surface area contributed by atoms with Crippen molar-refractivity contribution in [3.63, 3.8) is 0 Å². The predicted octanol–water partition coefficient (Wildman–Crippen LogP) is 4.17. The molecule has 5 nitrogen and oxygen atoms in total. The molecule has 4 aromatic rings. The van der Waals surface area contributed by atoms with Gasteiger partial charge in [-0.05, 0) is 61.4 Å². The summed E-state index contributed by atoms with van der Waals surface area (Å²) < 4.78 is 8.89. The smallest absolute Gasteiger partial charge is 0.277 e. The van der Waals surface area contributed by atoms with Crippen molar-refractivity contribution >= 4 is 5.52 Å². The first kappa shape index (κ1) is 19.6. The average molecular weight is 408 g/mol. The van der Waals surface area contributed by atoms with Gasteiger partial charge in [-0.3, -0.25) is 4.79 Å². The summed E-state index contributed by atoms with van der Waals surface area (Å²) in [4.78, 5) is 13.5. The van der Waals surface area contributed by atoms with Gasteiger partial charge in [-0.2, -0.15) is 5.10 Å². The van der Waals surface area contributed by atoms with Gasteiger partial charge in [-0.25, -0.2) is 4.52 Å². The molecule has 0 aliphatic heterocycles. The highest BCUT2D eigenvalue weighted by Crippen LogP contribution is 2.30. The van der Waals surface area contributed by atoms with Crippen LogP contribution in [0.15, 0.2) is 71.7 Å². The van der Waals surface area contributed by atoms with Gasteiger partial charge in [0.2, 0.25) is 0 Å². The number of fused-ring (bicyclic) bond motifs is 1. The van der Waals surface area contributed by atoms with Crippen LogP contribution in [0.25, 0.3) is 16.8 Å². The molecule has 0 saturated heterocycles. The third kappa shape index (κ3) is 3.88. The molecule has 5 rings (SSSR count). The second kappa shape index (κ2) is 8.42. The SMILES string of the molecule is COc1cccc(CCn2c(-c3ccccc3)cn3nc([C]4[CH][CH][CH][CH]4)cc3c2=O)c1. The van der Waals surface area contributed by atoms with Crippen LogP contribution < -0.4 is 10.3 Å². The van der Waals surface area contributed by atoms with Gasteiger partial charge in [0.05, 0.1) is 24.7 Å². The van der Waals surface area contributed by atoms with Crippen molar-refractivity contribution in [1.29, 1.82) is 0 Å². The zero-order valence-electron chi connectivity index (χ0n) is 17.2. The third-order valence-electron chi connectivity index (χ3n) is 5.52. The van der Waals surface area contributed by atoms with E-state index < -0.39 is 0 Å². The van der Waals surface area contributed by atoms with Crippen LogP contribution in [-0.2, 0) is 13.0 Å². The summed E-state index contributed by atoms with van der Waals surface area (Å²) in [6.07, 6.45) is 10.6. The Balaban J connectivity index is 1.58. The van der Waals surface area contributed by atoms with Gasteiger partial charge >= 0.3 is 0 Å². The summed E-state index contributed by atoms with van der Waals surface area (Å²) in [5, 5.41) is 4.67. The number of ether oxygens (including phenoxy) is 1. The number of aryl methyl sites for hydroxylation is 1. The Kier molecular flexibility index (Phi) is 5.33. The molecule has 2 aromatic carbocycles. The molecule has 1 aliphatic rings. The van der Waals surface area contributed by atoms with E-state index in [2.05, 4.69) is 11.2 Å². The molecule has 0 unspecified atom stereocenters. The van der Waals surface area contributed by atoms with E-state index in [1.54, 1.807) is 11.6 Å². The van der Waals surface area contributed by atoms with Crippen molar-refractivity contribution < 1.29 is 4.74 Å². The molecule has 5 heteroatoms. The monoisotopic (exact) mass is 408 g/mol. The highest BCUT2D eigenvalue weighted by molar-refractivity contribution is 5.62. The normalized spacial score (nSPS) is 14.4. The first-order valence-corrected chi connectivity index (χ1v) is 10.3. The zero-order valence-corrected chi connectivity index (χ0v) is 17.2. The molecule has 0 N–H and O–H groups in total. The van der Waals surface area contributed by atoms with Crippen LogP contribution in [0.2, 0.25) is 0 Å². The molecule has 1 fully saturated rings. The second-order valence-corrected chi connectivity index (χ2v) is 7.47. The Hall–Kier alpha value is -3.34. The van der Waals surface area contributed by atoms with E-state index in [0.717, 1.165) is 40.6 Å². The van der Waals surface area contributed by atoms with Crippen LogP contribution in [-0.4, -0.2) is 21.3 Å². The zero-order chi connectivity index (χ0) is 21.2. The fraction of sp³-hybridized carbons (Fsp3) is 0.115. The maximum atomic E-state index is 13.5. The first-order valence-electron chi connectivity index (χ1n) is 10.3. The van der Waals surface area contributed by atoms with Gasteiger partial charge < -0.3 is 9.30 Å². The number of methoxy groups -OCH3 is 1. The minimum Gasteiger partial charge on any atom is -0.497 e. The van der Waals surface area contributed by atoms with E-state index in [1.165, 1.54) is 0 Å². The largest absolute Gasteiger partial charge is 0.497 e. The summed E-state index contributed by atoms with van der Waals surface area (Å²) in [5.41, 5.74) is 4.27. The molecule has 0 bridgehead atoms. The van der Waals surface area contributed by atoms with Gasteiger partial charge in [-0.15, -0.1) is 0 Å². The standard InChI is InChI=1S/C26H22N3O2/c1-31-22-13-7-8-19(16-22)14-15-28-25(21-11-3-2-4-12-21)18-29-24(26(28)30)17-23(27-29)20-9-5-6-10-20/h2-13,16-18H,14-15H2,1H3. The fourth-order valence-corrected chi connectivity index (χ4v) is 3.90. The second-order valence-electron chi connectivity index (χ2n) is 7.47. The Morgan fingerprint density at radius 1 is 0.968 bits per heavy atom. The van der Waals surface area contributed by atoms with E-state index in [9.17, 15) is 4.79 Å². The van der Waals surface area contributed by atoms with Crippen molar-refractivity contribution in [3.8, 4) is 17.0 Å². The van der Waals surface area contributed by atoms with Crippen LogP contribution in [0, 0.1) is 31.6 Å². The summed E-state index contributed by atoms with van der Waals surface area (Å²) in [6.45, 7) is 0.559. The quantitative estimate of drug-likeness (QED) is 0.481. The summed E-state index contributed by atoms with van der Waals surface area (Å²) >= 11 is 0. The average Bonchev–Trinajstić information content (AvgIpc) is 3.49. The van der Waals surface area contributed by atoms with E-state index in [0.29, 0.717) is 12.1 Å². The fourth-order valence-electron chi connectivity index (χ4n) is 3.90. The lowest BCUT2D eigenvalue weighted by Crippen LogP contribution is -2.25. The van der Waals surface area contributed by atoms with Gasteiger partial charge in [0.15, 0.2) is 0 Å². The minimum atomic E-state index is -0.0467. The summed E-state index contributed by atoms with van der Waals surface area (Å²) in [5.74, 6) is 1.83. The highest BCUT2D eigenvalue weighted by Gasteiger charge is 2.23. The van der Waals surface area contributed by atoms with Crippen LogP contribution in [0.3, 0.4) is 0 Å². The summed E-state index contributed by atoms with van der Waals surface area (Å²) in [7, 11) is 1.66. The lowest BCUT2D eigenvalue weighted by molar-refractivity contribution is 0.414. The van der Waals surface area contributed by atoms with E-state index in [-0.39, 0.29) is 5.56 Å². The van der Waals surface area contributed by atoms with E-state index >= 15 is 0 Å². The molecular weight excluding hydrogens is 386 g/mol. The molecular formula is C26H22N3O2. The molecule has 0 amide bonds. The van der Waals surface area contributed by atoms with E-state index in [1.807, 2.05) is 91.0 Å². The van der Waals surface area contributed by atoms with Gasteiger partial charge in [0, 0.05) is 12.5 Å². The van der Waals surface area contributed by atoms with Gasteiger partial charge in [-0.1, -0.05) is 42.5 Å². The molecule has 1 saturated carbocycles. The Morgan fingerprint density at radius 3 is 2.55 bits per heavy atom.